The van der Waals surface area contributed by atoms with Crippen molar-refractivity contribution in [3.63, 3.8) is 0 Å². The fourth-order valence-electron chi connectivity index (χ4n) is 0.598. The first-order chi connectivity index (χ1) is 5.68. The van der Waals surface area contributed by atoms with Crippen molar-refractivity contribution in [3.8, 4) is 0 Å². The van der Waals surface area contributed by atoms with Crippen LogP contribution in [0.15, 0.2) is 0 Å². The molecular formula is C7H15NO3S. The zero-order valence-corrected chi connectivity index (χ0v) is 7.72. The largest absolute Gasteiger partial charge is 0.480 e. The second-order valence-electron chi connectivity index (χ2n) is 2.45. The quantitative estimate of drug-likeness (QED) is 0.492. The van der Waals surface area contributed by atoms with Crippen molar-refractivity contribution in [2.45, 2.75) is 18.9 Å². The zero-order valence-electron chi connectivity index (χ0n) is 6.90. The van der Waals surface area contributed by atoms with Gasteiger partial charge in [-0.15, -0.1) is 0 Å². The summed E-state index contributed by atoms with van der Waals surface area (Å²) in [5, 5.41) is 16.8. The van der Waals surface area contributed by atoms with E-state index in [0.717, 1.165) is 18.6 Å². The van der Waals surface area contributed by atoms with Crippen LogP contribution in [0.2, 0.25) is 0 Å². The number of carboxylic acids is 1. The van der Waals surface area contributed by atoms with Gasteiger partial charge >= 0.3 is 5.97 Å². The summed E-state index contributed by atoms with van der Waals surface area (Å²) in [5.41, 5.74) is 5.26. The van der Waals surface area contributed by atoms with Crippen LogP contribution in [0.4, 0.5) is 0 Å². The minimum atomic E-state index is -0.954. The highest BCUT2D eigenvalue weighted by Gasteiger charge is 2.09. The second kappa shape index (κ2) is 7.39. The molecule has 0 rings (SSSR count). The Morgan fingerprint density at radius 2 is 2.17 bits per heavy atom. The highest BCUT2D eigenvalue weighted by molar-refractivity contribution is 7.99. The molecule has 5 heteroatoms. The first-order valence-corrected chi connectivity index (χ1v) is 5.01. The van der Waals surface area contributed by atoms with Crippen molar-refractivity contribution < 1.29 is 15.0 Å². The average Bonchev–Trinajstić information content (AvgIpc) is 2.03. The van der Waals surface area contributed by atoms with E-state index in [1.807, 2.05) is 0 Å². The van der Waals surface area contributed by atoms with Crippen LogP contribution < -0.4 is 5.73 Å². The van der Waals surface area contributed by atoms with Crippen LogP contribution in [0.5, 0.6) is 0 Å². The summed E-state index contributed by atoms with van der Waals surface area (Å²) < 4.78 is 0. The predicted octanol–water partition coefficient (Wildman–Crippen LogP) is -0.0960. The Labute approximate surface area is 76.1 Å². The highest BCUT2D eigenvalue weighted by atomic mass is 32.2. The van der Waals surface area contributed by atoms with Gasteiger partial charge in [0.25, 0.3) is 0 Å². The summed E-state index contributed by atoms with van der Waals surface area (Å²) in [6.45, 7) is 0.200. The first kappa shape index (κ1) is 11.7. The lowest BCUT2D eigenvalue weighted by atomic mass is 10.4. The van der Waals surface area contributed by atoms with Crippen molar-refractivity contribution in [2.24, 2.45) is 5.73 Å². The lowest BCUT2D eigenvalue weighted by Gasteiger charge is -2.04. The van der Waals surface area contributed by atoms with Crippen molar-refractivity contribution in [1.29, 1.82) is 0 Å². The molecule has 1 atom stereocenters. The van der Waals surface area contributed by atoms with Gasteiger partial charge in [0.1, 0.15) is 6.04 Å². The summed E-state index contributed by atoms with van der Waals surface area (Å²) in [6, 6.07) is -0.760. The van der Waals surface area contributed by atoms with Crippen LogP contribution in [0.25, 0.3) is 0 Å². The van der Waals surface area contributed by atoms with Gasteiger partial charge in [-0.1, -0.05) is 0 Å². The fraction of sp³-hybridized carbons (Fsp3) is 0.857. The Hall–Kier alpha value is -0.260. The molecule has 0 unspecified atom stereocenters. The molecule has 0 amide bonds. The molecule has 0 saturated heterocycles. The van der Waals surface area contributed by atoms with Crippen LogP contribution >= 0.6 is 11.8 Å². The maximum absolute atomic E-state index is 10.2. The number of unbranched alkanes of at least 4 members (excludes halogenated alkanes) is 1. The summed E-state index contributed by atoms with van der Waals surface area (Å²) in [5.74, 6) is 0.354. The van der Waals surface area contributed by atoms with Gasteiger partial charge in [-0.05, 0) is 18.6 Å². The molecule has 0 fully saturated rings. The van der Waals surface area contributed by atoms with Gasteiger partial charge in [0, 0.05) is 12.4 Å². The van der Waals surface area contributed by atoms with Gasteiger partial charge in [0.05, 0.1) is 0 Å². The van der Waals surface area contributed by atoms with E-state index in [4.69, 9.17) is 15.9 Å². The van der Waals surface area contributed by atoms with Gasteiger partial charge in [-0.2, -0.15) is 11.8 Å². The molecule has 0 heterocycles. The number of aliphatic hydroxyl groups excluding tert-OH is 1. The second-order valence-corrected chi connectivity index (χ2v) is 3.60. The number of hydrogen-bond acceptors (Lipinski definition) is 4. The zero-order chi connectivity index (χ0) is 9.40. The fourth-order valence-corrected chi connectivity index (χ4v) is 1.57. The summed E-state index contributed by atoms with van der Waals surface area (Å²) in [7, 11) is 0. The molecule has 0 aliphatic carbocycles. The van der Waals surface area contributed by atoms with Crippen molar-refractivity contribution in [2.75, 3.05) is 18.1 Å². The molecule has 0 spiro atoms. The third-order valence-electron chi connectivity index (χ3n) is 1.31. The Kier molecular flexibility index (Phi) is 7.23. The van der Waals surface area contributed by atoms with Gasteiger partial charge in [0.15, 0.2) is 0 Å². The van der Waals surface area contributed by atoms with Crippen molar-refractivity contribution in [3.05, 3.63) is 0 Å². The maximum Gasteiger partial charge on any atom is 0.321 e. The minimum absolute atomic E-state index is 0.200. The van der Waals surface area contributed by atoms with E-state index in [2.05, 4.69) is 0 Å². The SMILES string of the molecule is N[C@H](CSCCCCO)C(=O)O. The molecule has 0 saturated carbocycles. The summed E-state index contributed by atoms with van der Waals surface area (Å²) in [6.07, 6.45) is 1.68. The van der Waals surface area contributed by atoms with Gasteiger partial charge in [-0.25, -0.2) is 0 Å². The number of thioether (sulfide) groups is 1. The van der Waals surface area contributed by atoms with E-state index >= 15 is 0 Å². The van der Waals surface area contributed by atoms with Crippen LogP contribution in [0.3, 0.4) is 0 Å². The lowest BCUT2D eigenvalue weighted by molar-refractivity contribution is -0.137. The molecule has 0 aliphatic rings. The van der Waals surface area contributed by atoms with E-state index in [9.17, 15) is 4.79 Å². The number of carbonyl (C=O) groups is 1. The summed E-state index contributed by atoms with van der Waals surface area (Å²) in [4.78, 5) is 10.2. The number of hydrogen-bond donors (Lipinski definition) is 3. The summed E-state index contributed by atoms with van der Waals surface area (Å²) >= 11 is 1.51. The molecule has 12 heavy (non-hydrogen) atoms. The smallest absolute Gasteiger partial charge is 0.321 e. The number of rotatable bonds is 7. The first-order valence-electron chi connectivity index (χ1n) is 3.85. The Bertz CT molecular complexity index is 132. The standard InChI is InChI=1S/C7H15NO3S/c8-6(7(10)11)5-12-4-2-1-3-9/h6,9H,1-5,8H2,(H,10,11)/t6-/m1/s1. The maximum atomic E-state index is 10.2. The van der Waals surface area contributed by atoms with E-state index in [0.29, 0.717) is 5.75 Å². The van der Waals surface area contributed by atoms with Crippen LogP contribution in [0.1, 0.15) is 12.8 Å². The minimum Gasteiger partial charge on any atom is -0.480 e. The predicted molar refractivity (Wildman–Crippen MR) is 49.3 cm³/mol. The Morgan fingerprint density at radius 1 is 1.50 bits per heavy atom. The number of aliphatic carboxylic acids is 1. The van der Waals surface area contributed by atoms with E-state index in [1.54, 1.807) is 0 Å². The molecule has 0 aromatic rings. The highest BCUT2D eigenvalue weighted by Crippen LogP contribution is 2.05. The molecule has 0 aliphatic heterocycles. The van der Waals surface area contributed by atoms with E-state index in [-0.39, 0.29) is 6.61 Å². The van der Waals surface area contributed by atoms with Crippen molar-refractivity contribution in [1.82, 2.24) is 0 Å². The number of nitrogens with two attached hydrogens (primary N) is 1. The third-order valence-corrected chi connectivity index (χ3v) is 2.48. The average molecular weight is 193 g/mol. The normalized spacial score (nSPS) is 12.8. The topological polar surface area (TPSA) is 83.5 Å². The van der Waals surface area contributed by atoms with Crippen LogP contribution in [0, 0.1) is 0 Å². The molecule has 0 bridgehead atoms. The molecule has 72 valence electrons. The van der Waals surface area contributed by atoms with E-state index < -0.39 is 12.0 Å². The Morgan fingerprint density at radius 3 is 2.67 bits per heavy atom. The third kappa shape index (κ3) is 6.45. The molecule has 0 aromatic carbocycles. The van der Waals surface area contributed by atoms with Gasteiger partial charge in [-0.3, -0.25) is 4.79 Å². The molecule has 0 aromatic heterocycles. The Balaban J connectivity index is 3.14. The number of aliphatic hydroxyl groups is 1. The van der Waals surface area contributed by atoms with Gasteiger partial charge in [0.2, 0.25) is 0 Å². The van der Waals surface area contributed by atoms with Crippen LogP contribution in [-0.2, 0) is 4.79 Å². The lowest BCUT2D eigenvalue weighted by Crippen LogP contribution is -2.32. The monoisotopic (exact) mass is 193 g/mol. The molecule has 4 nitrogen and oxygen atoms in total. The molecular weight excluding hydrogens is 178 g/mol. The van der Waals surface area contributed by atoms with Crippen LogP contribution in [-0.4, -0.2) is 40.3 Å². The van der Waals surface area contributed by atoms with Gasteiger partial charge < -0.3 is 15.9 Å². The van der Waals surface area contributed by atoms with Crippen molar-refractivity contribution >= 4 is 17.7 Å². The molecule has 4 N–H and O–H groups in total. The molecule has 0 radical (unpaired) electrons. The number of carboxylic acid groups (broad SMARTS) is 1. The van der Waals surface area contributed by atoms with E-state index in [1.165, 1.54) is 11.8 Å².